The third kappa shape index (κ3) is 4.05. The molecule has 0 spiro atoms. The average Bonchev–Trinajstić information content (AvgIpc) is 3.03. The second kappa shape index (κ2) is 7.65. The van der Waals surface area contributed by atoms with E-state index in [0.29, 0.717) is 19.6 Å². The van der Waals surface area contributed by atoms with Crippen molar-refractivity contribution in [2.45, 2.75) is 25.3 Å². The number of nitrogens with one attached hydrogen (secondary N) is 2. The minimum absolute atomic E-state index is 0.0260. The summed E-state index contributed by atoms with van der Waals surface area (Å²) in [6.07, 6.45) is 2.47. The maximum atomic E-state index is 12.4. The van der Waals surface area contributed by atoms with Crippen LogP contribution < -0.4 is 10.6 Å². The van der Waals surface area contributed by atoms with E-state index in [1.54, 1.807) is 9.80 Å². The lowest BCUT2D eigenvalue weighted by atomic mass is 10.1. The van der Waals surface area contributed by atoms with E-state index >= 15 is 0 Å². The van der Waals surface area contributed by atoms with Gasteiger partial charge in [0, 0.05) is 32.2 Å². The number of rotatable bonds is 2. The molecule has 3 rings (SSSR count). The first-order chi connectivity index (χ1) is 11.6. The van der Waals surface area contributed by atoms with Crippen molar-refractivity contribution in [3.8, 4) is 0 Å². The third-order valence-corrected chi connectivity index (χ3v) is 5.17. The summed E-state index contributed by atoms with van der Waals surface area (Å²) in [6.45, 7) is 2.50. The molecule has 3 heterocycles. The molecular formula is C16H22N4O3S. The molecular weight excluding hydrogens is 328 g/mol. The number of carbonyl (C=O) groups excluding carboxylic acids is 3. The molecule has 8 heteroatoms. The number of urea groups is 1. The molecule has 2 aliphatic heterocycles. The average molecular weight is 350 g/mol. The van der Waals surface area contributed by atoms with E-state index < -0.39 is 0 Å². The lowest BCUT2D eigenvalue weighted by Gasteiger charge is -2.34. The van der Waals surface area contributed by atoms with Crippen LogP contribution >= 0.6 is 11.3 Å². The second-order valence-electron chi connectivity index (χ2n) is 6.14. The van der Waals surface area contributed by atoms with Crippen LogP contribution in [0.4, 0.5) is 4.79 Å². The predicted octanol–water partition coefficient (Wildman–Crippen LogP) is 0.884. The smallest absolute Gasteiger partial charge is 0.318 e. The summed E-state index contributed by atoms with van der Waals surface area (Å²) in [4.78, 5) is 40.5. The second-order valence-corrected chi connectivity index (χ2v) is 7.09. The van der Waals surface area contributed by atoms with E-state index in [9.17, 15) is 14.4 Å². The topological polar surface area (TPSA) is 81.8 Å². The van der Waals surface area contributed by atoms with Crippen molar-refractivity contribution in [1.82, 2.24) is 20.4 Å². The molecule has 2 fully saturated rings. The van der Waals surface area contributed by atoms with Crippen LogP contribution in [0.25, 0.3) is 0 Å². The number of thiophene rings is 1. The monoisotopic (exact) mass is 350 g/mol. The fraction of sp³-hybridized carbons (Fsp3) is 0.562. The molecule has 0 aliphatic carbocycles. The Labute approximate surface area is 145 Å². The molecule has 24 heavy (non-hydrogen) atoms. The Hall–Kier alpha value is -2.09. The lowest BCUT2D eigenvalue weighted by molar-refractivity contribution is -0.121. The Morgan fingerprint density at radius 2 is 2.08 bits per heavy atom. The zero-order valence-electron chi connectivity index (χ0n) is 13.5. The molecule has 2 N–H and O–H groups in total. The highest BCUT2D eigenvalue weighted by Gasteiger charge is 2.28. The number of piperidine rings is 1. The lowest BCUT2D eigenvalue weighted by Crippen LogP contribution is -2.53. The highest BCUT2D eigenvalue weighted by Crippen LogP contribution is 2.17. The van der Waals surface area contributed by atoms with Crippen LogP contribution in [0, 0.1) is 0 Å². The molecule has 2 aliphatic rings. The van der Waals surface area contributed by atoms with Gasteiger partial charge in [-0.2, -0.15) is 0 Å². The van der Waals surface area contributed by atoms with Gasteiger partial charge in [0.25, 0.3) is 5.91 Å². The minimum Gasteiger partial charge on any atom is -0.354 e. The molecule has 1 atom stereocenters. The van der Waals surface area contributed by atoms with Gasteiger partial charge in [-0.25, -0.2) is 4.79 Å². The molecule has 4 amide bonds. The van der Waals surface area contributed by atoms with Crippen molar-refractivity contribution >= 4 is 29.2 Å². The van der Waals surface area contributed by atoms with Gasteiger partial charge in [-0.15, -0.1) is 11.3 Å². The normalized spacial score (nSPS) is 21.8. The number of amides is 4. The SMILES string of the molecule is O=C1CN(C(=O)N[C@H]2CCCN(C(=O)c3cccs3)C2)CCCN1. The van der Waals surface area contributed by atoms with Gasteiger partial charge < -0.3 is 20.4 Å². The summed E-state index contributed by atoms with van der Waals surface area (Å²) < 4.78 is 0. The van der Waals surface area contributed by atoms with E-state index in [0.717, 1.165) is 30.7 Å². The number of hydrogen-bond donors (Lipinski definition) is 2. The van der Waals surface area contributed by atoms with Gasteiger partial charge in [-0.3, -0.25) is 9.59 Å². The molecule has 0 saturated carbocycles. The van der Waals surface area contributed by atoms with E-state index in [2.05, 4.69) is 10.6 Å². The van der Waals surface area contributed by atoms with E-state index in [1.165, 1.54) is 11.3 Å². The summed E-state index contributed by atoms with van der Waals surface area (Å²) in [5, 5.41) is 7.63. The van der Waals surface area contributed by atoms with Gasteiger partial charge in [0.1, 0.15) is 6.54 Å². The van der Waals surface area contributed by atoms with Gasteiger partial charge in [0.2, 0.25) is 5.91 Å². The van der Waals surface area contributed by atoms with E-state index in [4.69, 9.17) is 0 Å². The van der Waals surface area contributed by atoms with E-state index in [-0.39, 0.29) is 30.4 Å². The number of likely N-dealkylation sites (tertiary alicyclic amines) is 1. The van der Waals surface area contributed by atoms with Crippen LogP contribution in [0.5, 0.6) is 0 Å². The first kappa shape index (κ1) is 16.8. The Morgan fingerprint density at radius 3 is 2.88 bits per heavy atom. The molecule has 0 bridgehead atoms. The molecule has 130 valence electrons. The third-order valence-electron chi connectivity index (χ3n) is 4.32. The first-order valence-electron chi connectivity index (χ1n) is 8.28. The van der Waals surface area contributed by atoms with Gasteiger partial charge in [0.05, 0.1) is 4.88 Å². The van der Waals surface area contributed by atoms with Gasteiger partial charge in [-0.05, 0) is 30.7 Å². The fourth-order valence-electron chi connectivity index (χ4n) is 3.08. The van der Waals surface area contributed by atoms with Crippen molar-refractivity contribution in [3.05, 3.63) is 22.4 Å². The van der Waals surface area contributed by atoms with Crippen LogP contribution in [0.1, 0.15) is 28.9 Å². The first-order valence-corrected chi connectivity index (χ1v) is 9.16. The molecule has 7 nitrogen and oxygen atoms in total. The Balaban J connectivity index is 1.55. The highest BCUT2D eigenvalue weighted by molar-refractivity contribution is 7.12. The van der Waals surface area contributed by atoms with Gasteiger partial charge >= 0.3 is 6.03 Å². The van der Waals surface area contributed by atoms with E-state index in [1.807, 2.05) is 17.5 Å². The van der Waals surface area contributed by atoms with Gasteiger partial charge in [-0.1, -0.05) is 6.07 Å². The Morgan fingerprint density at radius 1 is 1.25 bits per heavy atom. The maximum absolute atomic E-state index is 12.4. The van der Waals surface area contributed by atoms with Crippen LogP contribution in [0.2, 0.25) is 0 Å². The molecule has 2 saturated heterocycles. The Kier molecular flexibility index (Phi) is 5.34. The zero-order valence-corrected chi connectivity index (χ0v) is 14.3. The van der Waals surface area contributed by atoms with Crippen molar-refractivity contribution < 1.29 is 14.4 Å². The van der Waals surface area contributed by atoms with Crippen LogP contribution in [0.15, 0.2) is 17.5 Å². The highest BCUT2D eigenvalue weighted by atomic mass is 32.1. The fourth-order valence-corrected chi connectivity index (χ4v) is 3.77. The molecule has 0 radical (unpaired) electrons. The van der Waals surface area contributed by atoms with Crippen LogP contribution in [-0.2, 0) is 4.79 Å². The van der Waals surface area contributed by atoms with Crippen molar-refractivity contribution in [1.29, 1.82) is 0 Å². The quantitative estimate of drug-likeness (QED) is 0.831. The maximum Gasteiger partial charge on any atom is 0.318 e. The van der Waals surface area contributed by atoms with Crippen molar-refractivity contribution in [2.24, 2.45) is 0 Å². The molecule has 1 aromatic rings. The largest absolute Gasteiger partial charge is 0.354 e. The number of nitrogens with zero attached hydrogens (tertiary/aromatic N) is 2. The molecule has 1 aromatic heterocycles. The summed E-state index contributed by atoms with van der Waals surface area (Å²) in [5.41, 5.74) is 0. The summed E-state index contributed by atoms with van der Waals surface area (Å²) >= 11 is 1.43. The number of carbonyl (C=O) groups is 3. The molecule has 0 unspecified atom stereocenters. The summed E-state index contributed by atoms with van der Waals surface area (Å²) in [6, 6.07) is 3.40. The summed E-state index contributed by atoms with van der Waals surface area (Å²) in [5.74, 6) is -0.0982. The van der Waals surface area contributed by atoms with Gasteiger partial charge in [0.15, 0.2) is 0 Å². The number of hydrogen-bond acceptors (Lipinski definition) is 4. The Bertz CT molecular complexity index is 604. The summed E-state index contributed by atoms with van der Waals surface area (Å²) in [7, 11) is 0. The van der Waals surface area contributed by atoms with Crippen LogP contribution in [0.3, 0.4) is 0 Å². The standard InChI is InChI=1S/C16H22N4O3S/c21-14-11-20(8-3-6-17-14)16(23)18-12-4-1-7-19(10-12)15(22)13-5-2-9-24-13/h2,5,9,12H,1,3-4,6-8,10-11H2,(H,17,21)(H,18,23)/t12-/m0/s1. The van der Waals surface area contributed by atoms with Crippen LogP contribution in [-0.4, -0.2) is 66.4 Å². The molecule has 0 aromatic carbocycles. The predicted molar refractivity (Wildman–Crippen MR) is 91.0 cm³/mol. The van der Waals surface area contributed by atoms with Crippen molar-refractivity contribution in [2.75, 3.05) is 32.7 Å². The van der Waals surface area contributed by atoms with Crippen molar-refractivity contribution in [3.63, 3.8) is 0 Å². The zero-order chi connectivity index (χ0) is 16.9. The minimum atomic E-state index is -0.220.